The van der Waals surface area contributed by atoms with Crippen LogP contribution in [0.1, 0.15) is 58.0 Å². The van der Waals surface area contributed by atoms with Gasteiger partial charge in [0.05, 0.1) is 25.2 Å². The number of nitrogens with one attached hydrogen (secondary N) is 1. The number of benzene rings is 1. The van der Waals surface area contributed by atoms with E-state index in [1.54, 1.807) is 11.8 Å². The van der Waals surface area contributed by atoms with Crippen LogP contribution in [0, 0.1) is 5.92 Å². The number of tetrazole rings is 1. The molecule has 0 radical (unpaired) electrons. The van der Waals surface area contributed by atoms with Crippen LogP contribution in [0.3, 0.4) is 0 Å². The minimum absolute atomic E-state index is 0.144. The number of aromatic nitrogens is 5. The fourth-order valence-electron chi connectivity index (χ4n) is 4.53. The number of carbonyl (C=O) groups excluding carboxylic acids is 1. The minimum atomic E-state index is -0.475. The van der Waals surface area contributed by atoms with Gasteiger partial charge in [0.15, 0.2) is 5.82 Å². The van der Waals surface area contributed by atoms with Gasteiger partial charge in [0.25, 0.3) is 5.56 Å². The molecule has 1 aliphatic heterocycles. The summed E-state index contributed by atoms with van der Waals surface area (Å²) in [4.78, 5) is 30.8. The molecule has 2 aromatic heterocycles. The monoisotopic (exact) mass is 468 g/mol. The first-order valence-electron chi connectivity index (χ1n) is 11.6. The van der Waals surface area contributed by atoms with E-state index in [0.29, 0.717) is 49.7 Å². The third kappa shape index (κ3) is 4.68. The summed E-state index contributed by atoms with van der Waals surface area (Å²) < 4.78 is 12.4. The van der Waals surface area contributed by atoms with Crippen molar-refractivity contribution in [3.8, 4) is 5.75 Å². The molecule has 0 spiro atoms. The Morgan fingerprint density at radius 3 is 2.62 bits per heavy atom. The van der Waals surface area contributed by atoms with Crippen LogP contribution in [0.5, 0.6) is 5.75 Å². The summed E-state index contributed by atoms with van der Waals surface area (Å²) in [6, 6.07) is 6.96. The molecule has 4 rings (SSSR count). The van der Waals surface area contributed by atoms with Crippen molar-refractivity contribution in [2.24, 2.45) is 5.92 Å². The zero-order valence-electron chi connectivity index (χ0n) is 20.4. The fraction of sp³-hybridized carbons (Fsp3) is 0.542. The van der Waals surface area contributed by atoms with Crippen LogP contribution in [0.15, 0.2) is 29.1 Å². The maximum atomic E-state index is 13.3. The van der Waals surface area contributed by atoms with Crippen LogP contribution >= 0.6 is 0 Å². The van der Waals surface area contributed by atoms with Gasteiger partial charge in [-0.2, -0.15) is 0 Å². The van der Waals surface area contributed by atoms with Crippen molar-refractivity contribution >= 4 is 16.9 Å². The number of fused-ring (bicyclic) bond motifs is 1. The van der Waals surface area contributed by atoms with E-state index in [9.17, 15) is 9.59 Å². The van der Waals surface area contributed by atoms with Gasteiger partial charge >= 0.3 is 5.97 Å². The standard InChI is InChI=1S/C24H32N6O4/c1-6-34-23(32)15-9-11-29(12-10-15)20(21-26-27-28-30(21)24(2,3)4)18-14-16-13-17(33-5)7-8-19(16)25-22(18)31/h7-8,13-15,20H,6,9-12H2,1-5H3,(H,25,31). The molecule has 3 aromatic rings. The van der Waals surface area contributed by atoms with Crippen LogP contribution < -0.4 is 10.3 Å². The first-order valence-corrected chi connectivity index (χ1v) is 11.6. The third-order valence-electron chi connectivity index (χ3n) is 6.26. The number of piperidine rings is 1. The number of nitrogens with zero attached hydrogens (tertiary/aromatic N) is 5. The molecule has 182 valence electrons. The van der Waals surface area contributed by atoms with E-state index in [1.807, 2.05) is 52.0 Å². The van der Waals surface area contributed by atoms with Crippen molar-refractivity contribution in [1.29, 1.82) is 0 Å². The van der Waals surface area contributed by atoms with Gasteiger partial charge in [-0.05, 0) is 75.2 Å². The maximum absolute atomic E-state index is 13.3. The predicted octanol–water partition coefficient (Wildman–Crippen LogP) is 2.64. The van der Waals surface area contributed by atoms with Crippen LogP contribution in [-0.2, 0) is 15.1 Å². The van der Waals surface area contributed by atoms with E-state index in [0.717, 1.165) is 10.9 Å². The smallest absolute Gasteiger partial charge is 0.309 e. The molecule has 10 nitrogen and oxygen atoms in total. The van der Waals surface area contributed by atoms with Crippen LogP contribution in [-0.4, -0.2) is 62.9 Å². The zero-order valence-corrected chi connectivity index (χ0v) is 20.4. The lowest BCUT2D eigenvalue weighted by molar-refractivity contribution is -0.149. The highest BCUT2D eigenvalue weighted by atomic mass is 16.5. The number of hydrogen-bond donors (Lipinski definition) is 1. The predicted molar refractivity (Wildman–Crippen MR) is 127 cm³/mol. The quantitative estimate of drug-likeness (QED) is 0.549. The second kappa shape index (κ2) is 9.54. The second-order valence-electron chi connectivity index (χ2n) is 9.59. The lowest BCUT2D eigenvalue weighted by atomic mass is 9.93. The lowest BCUT2D eigenvalue weighted by Gasteiger charge is -2.37. The van der Waals surface area contributed by atoms with Crippen molar-refractivity contribution in [2.75, 3.05) is 26.8 Å². The number of H-pyrrole nitrogens is 1. The molecule has 0 aliphatic carbocycles. The summed E-state index contributed by atoms with van der Waals surface area (Å²) >= 11 is 0. The van der Waals surface area contributed by atoms with E-state index in [4.69, 9.17) is 9.47 Å². The molecule has 3 heterocycles. The number of ether oxygens (including phenoxy) is 2. The zero-order chi connectivity index (χ0) is 24.5. The average Bonchev–Trinajstić information content (AvgIpc) is 3.30. The van der Waals surface area contributed by atoms with E-state index >= 15 is 0 Å². The number of likely N-dealkylation sites (tertiary alicyclic amines) is 1. The molecule has 1 N–H and O–H groups in total. The molecule has 0 amide bonds. The molecule has 1 aromatic carbocycles. The first-order chi connectivity index (χ1) is 16.2. The lowest BCUT2D eigenvalue weighted by Crippen LogP contribution is -2.43. The number of hydrogen-bond acceptors (Lipinski definition) is 8. The normalized spacial score (nSPS) is 16.5. The van der Waals surface area contributed by atoms with Gasteiger partial charge in [0.2, 0.25) is 0 Å². The average molecular weight is 469 g/mol. The molecule has 1 fully saturated rings. The highest BCUT2D eigenvalue weighted by Gasteiger charge is 2.36. The van der Waals surface area contributed by atoms with Crippen molar-refractivity contribution in [3.05, 3.63) is 46.0 Å². The molecule has 34 heavy (non-hydrogen) atoms. The van der Waals surface area contributed by atoms with Gasteiger partial charge in [0.1, 0.15) is 11.8 Å². The van der Waals surface area contributed by atoms with E-state index in [1.165, 1.54) is 0 Å². The van der Waals surface area contributed by atoms with Gasteiger partial charge in [-0.25, -0.2) is 4.68 Å². The Bertz CT molecular complexity index is 1220. The molecule has 1 unspecified atom stereocenters. The van der Waals surface area contributed by atoms with Crippen molar-refractivity contribution in [2.45, 2.75) is 52.1 Å². The van der Waals surface area contributed by atoms with E-state index in [-0.39, 0.29) is 23.0 Å². The van der Waals surface area contributed by atoms with Crippen molar-refractivity contribution in [3.63, 3.8) is 0 Å². The summed E-state index contributed by atoms with van der Waals surface area (Å²) in [5.74, 6) is 0.995. The van der Waals surface area contributed by atoms with Gasteiger partial charge in [-0.15, -0.1) is 5.10 Å². The topological polar surface area (TPSA) is 115 Å². The summed E-state index contributed by atoms with van der Waals surface area (Å²) in [5.41, 5.74) is 0.701. The van der Waals surface area contributed by atoms with Gasteiger partial charge < -0.3 is 14.5 Å². The Hall–Kier alpha value is -3.27. The van der Waals surface area contributed by atoms with Crippen LogP contribution in [0.25, 0.3) is 10.9 Å². The molecule has 0 saturated carbocycles. The summed E-state index contributed by atoms with van der Waals surface area (Å²) in [7, 11) is 1.61. The third-order valence-corrected chi connectivity index (χ3v) is 6.26. The summed E-state index contributed by atoms with van der Waals surface area (Å²) in [6.07, 6.45) is 1.29. The van der Waals surface area contributed by atoms with Gasteiger partial charge in [-0.1, -0.05) is 0 Å². The largest absolute Gasteiger partial charge is 0.497 e. The molecule has 1 aliphatic rings. The van der Waals surface area contributed by atoms with Gasteiger partial charge in [-0.3, -0.25) is 14.5 Å². The van der Waals surface area contributed by atoms with E-state index < -0.39 is 6.04 Å². The number of esters is 1. The van der Waals surface area contributed by atoms with Crippen LogP contribution in [0.4, 0.5) is 0 Å². The van der Waals surface area contributed by atoms with Crippen molar-refractivity contribution in [1.82, 2.24) is 30.1 Å². The Kier molecular flexibility index (Phi) is 6.70. The fourth-order valence-corrected chi connectivity index (χ4v) is 4.53. The number of pyridine rings is 1. The Labute approximate surface area is 198 Å². The minimum Gasteiger partial charge on any atom is -0.497 e. The maximum Gasteiger partial charge on any atom is 0.309 e. The Morgan fingerprint density at radius 1 is 1.24 bits per heavy atom. The summed E-state index contributed by atoms with van der Waals surface area (Å²) in [5, 5.41) is 13.4. The molecule has 1 atom stereocenters. The molecule has 1 saturated heterocycles. The molecular weight excluding hydrogens is 436 g/mol. The highest BCUT2D eigenvalue weighted by molar-refractivity contribution is 5.80. The van der Waals surface area contributed by atoms with Crippen LogP contribution in [0.2, 0.25) is 0 Å². The van der Waals surface area contributed by atoms with Crippen molar-refractivity contribution < 1.29 is 14.3 Å². The number of carbonyl (C=O) groups is 1. The molecule has 10 heteroatoms. The molecule has 0 bridgehead atoms. The molecular formula is C24H32N6O4. The van der Waals surface area contributed by atoms with E-state index in [2.05, 4.69) is 25.4 Å². The number of methoxy groups -OCH3 is 1. The Morgan fingerprint density at radius 2 is 1.97 bits per heavy atom. The summed E-state index contributed by atoms with van der Waals surface area (Å²) in [6.45, 7) is 9.47. The number of rotatable bonds is 6. The Balaban J connectivity index is 1.79. The van der Waals surface area contributed by atoms with Gasteiger partial charge in [0, 0.05) is 29.6 Å². The second-order valence-corrected chi connectivity index (χ2v) is 9.59. The number of aromatic amines is 1. The first kappa shape index (κ1) is 23.9. The SMILES string of the molecule is CCOC(=O)C1CCN(C(c2cc3cc(OC)ccc3[nH]c2=O)c2nnnn2C(C)(C)C)CC1. The highest BCUT2D eigenvalue weighted by Crippen LogP contribution is 2.33.